The van der Waals surface area contributed by atoms with Crippen LogP contribution >= 0.6 is 11.3 Å². The van der Waals surface area contributed by atoms with Crippen molar-refractivity contribution in [3.8, 4) is 0 Å². The fourth-order valence-corrected chi connectivity index (χ4v) is 2.34. The minimum Gasteiger partial charge on any atom is -0.357 e. The SMILES string of the molecule is CCNC(=NCc1noc(C(C)(C)C)n1)NCc1cccs1. The lowest BCUT2D eigenvalue weighted by molar-refractivity contribution is 0.318. The Morgan fingerprint density at radius 3 is 2.77 bits per heavy atom. The highest BCUT2D eigenvalue weighted by molar-refractivity contribution is 7.09. The molecule has 2 N–H and O–H groups in total. The van der Waals surface area contributed by atoms with E-state index in [-0.39, 0.29) is 5.41 Å². The van der Waals surface area contributed by atoms with E-state index in [9.17, 15) is 0 Å². The van der Waals surface area contributed by atoms with Crippen LogP contribution in [-0.2, 0) is 18.5 Å². The Kier molecular flexibility index (Phi) is 5.54. The zero-order chi connectivity index (χ0) is 16.0. The van der Waals surface area contributed by atoms with Crippen molar-refractivity contribution in [2.75, 3.05) is 6.54 Å². The molecule has 0 aliphatic carbocycles. The Morgan fingerprint density at radius 1 is 1.36 bits per heavy atom. The van der Waals surface area contributed by atoms with Crippen molar-refractivity contribution >= 4 is 17.3 Å². The van der Waals surface area contributed by atoms with E-state index in [4.69, 9.17) is 4.52 Å². The zero-order valence-corrected chi connectivity index (χ0v) is 14.3. The average molecular weight is 321 g/mol. The van der Waals surface area contributed by atoms with Gasteiger partial charge in [0.25, 0.3) is 0 Å². The number of guanidine groups is 1. The number of nitrogens with one attached hydrogen (secondary N) is 2. The van der Waals surface area contributed by atoms with Gasteiger partial charge >= 0.3 is 0 Å². The molecule has 0 saturated heterocycles. The molecule has 0 radical (unpaired) electrons. The van der Waals surface area contributed by atoms with Crippen molar-refractivity contribution in [1.82, 2.24) is 20.8 Å². The number of hydrogen-bond acceptors (Lipinski definition) is 5. The van der Waals surface area contributed by atoms with E-state index in [1.807, 2.05) is 33.8 Å². The molecule has 22 heavy (non-hydrogen) atoms. The fraction of sp³-hybridized carbons (Fsp3) is 0.533. The third kappa shape index (κ3) is 4.84. The second kappa shape index (κ2) is 7.40. The Labute approximate surface area is 135 Å². The van der Waals surface area contributed by atoms with Gasteiger partial charge in [0.1, 0.15) is 6.54 Å². The predicted octanol–water partition coefficient (Wildman–Crippen LogP) is 2.68. The molecule has 0 aromatic carbocycles. The molecule has 2 rings (SSSR count). The van der Waals surface area contributed by atoms with E-state index in [0.717, 1.165) is 19.0 Å². The number of rotatable bonds is 5. The van der Waals surface area contributed by atoms with Crippen molar-refractivity contribution in [3.63, 3.8) is 0 Å². The largest absolute Gasteiger partial charge is 0.357 e. The molecule has 0 amide bonds. The molecule has 2 heterocycles. The van der Waals surface area contributed by atoms with Crippen LogP contribution < -0.4 is 10.6 Å². The van der Waals surface area contributed by atoms with Gasteiger partial charge in [0.05, 0.1) is 6.54 Å². The van der Waals surface area contributed by atoms with Crippen molar-refractivity contribution in [2.24, 2.45) is 4.99 Å². The Bertz CT molecular complexity index is 598. The second-order valence-corrected chi connectivity index (χ2v) is 6.93. The summed E-state index contributed by atoms with van der Waals surface area (Å²) >= 11 is 1.72. The first-order valence-corrected chi connectivity index (χ1v) is 8.24. The molecule has 0 unspecified atom stereocenters. The minimum atomic E-state index is -0.142. The van der Waals surface area contributed by atoms with Gasteiger partial charge in [-0.1, -0.05) is 32.0 Å². The molecule has 0 fully saturated rings. The quantitative estimate of drug-likeness (QED) is 0.654. The summed E-state index contributed by atoms with van der Waals surface area (Å²) in [4.78, 5) is 10.1. The lowest BCUT2D eigenvalue weighted by Gasteiger charge is -2.10. The van der Waals surface area contributed by atoms with Crippen LogP contribution in [-0.4, -0.2) is 22.6 Å². The molecule has 0 bridgehead atoms. The molecule has 2 aromatic rings. The normalized spacial score (nSPS) is 12.5. The predicted molar refractivity (Wildman–Crippen MR) is 89.0 cm³/mol. The van der Waals surface area contributed by atoms with Gasteiger partial charge in [-0.2, -0.15) is 4.98 Å². The van der Waals surface area contributed by atoms with Gasteiger partial charge in [-0.3, -0.25) is 0 Å². The maximum absolute atomic E-state index is 5.27. The van der Waals surface area contributed by atoms with Crippen molar-refractivity contribution < 1.29 is 4.52 Å². The molecule has 2 aromatic heterocycles. The third-order valence-electron chi connectivity index (χ3n) is 2.84. The first-order valence-electron chi connectivity index (χ1n) is 7.36. The molecule has 120 valence electrons. The van der Waals surface area contributed by atoms with E-state index in [2.05, 4.69) is 37.2 Å². The minimum absolute atomic E-state index is 0.142. The number of hydrogen-bond donors (Lipinski definition) is 2. The van der Waals surface area contributed by atoms with Crippen LogP contribution in [0.3, 0.4) is 0 Å². The summed E-state index contributed by atoms with van der Waals surface area (Å²) in [7, 11) is 0. The third-order valence-corrected chi connectivity index (χ3v) is 3.72. The van der Waals surface area contributed by atoms with E-state index in [1.165, 1.54) is 4.88 Å². The smallest absolute Gasteiger partial charge is 0.232 e. The van der Waals surface area contributed by atoms with Crippen LogP contribution in [0.15, 0.2) is 27.0 Å². The second-order valence-electron chi connectivity index (χ2n) is 5.89. The highest BCUT2D eigenvalue weighted by Crippen LogP contribution is 2.19. The summed E-state index contributed by atoms with van der Waals surface area (Å²) in [5.41, 5.74) is -0.142. The summed E-state index contributed by atoms with van der Waals surface area (Å²) in [6.45, 7) is 10.1. The van der Waals surface area contributed by atoms with Crippen LogP contribution in [0, 0.1) is 0 Å². The van der Waals surface area contributed by atoms with Crippen LogP contribution in [0.4, 0.5) is 0 Å². The molecule has 0 atom stereocenters. The Balaban J connectivity index is 1.95. The van der Waals surface area contributed by atoms with Crippen molar-refractivity contribution in [3.05, 3.63) is 34.1 Å². The summed E-state index contributed by atoms with van der Waals surface area (Å²) in [6, 6.07) is 4.13. The summed E-state index contributed by atoms with van der Waals surface area (Å²) in [5, 5.41) is 12.5. The van der Waals surface area contributed by atoms with Gasteiger partial charge in [0.2, 0.25) is 5.89 Å². The molecule has 0 spiro atoms. The fourth-order valence-electron chi connectivity index (χ4n) is 1.70. The molecule has 0 aliphatic heterocycles. The van der Waals surface area contributed by atoms with Crippen molar-refractivity contribution in [1.29, 1.82) is 0 Å². The molecule has 7 heteroatoms. The summed E-state index contributed by atoms with van der Waals surface area (Å²) in [6.07, 6.45) is 0. The molecule has 0 aliphatic rings. The summed E-state index contributed by atoms with van der Waals surface area (Å²) in [5.74, 6) is 1.98. The van der Waals surface area contributed by atoms with Gasteiger partial charge in [-0.15, -0.1) is 11.3 Å². The lowest BCUT2D eigenvalue weighted by Crippen LogP contribution is -2.36. The standard InChI is InChI=1S/C15H23N5OS/c1-5-16-14(17-9-11-7-6-8-22-11)18-10-12-19-13(21-20-12)15(2,3)4/h6-8H,5,9-10H2,1-4H3,(H2,16,17,18). The molecular formula is C15H23N5OS. The van der Waals surface area contributed by atoms with Crippen LogP contribution in [0.5, 0.6) is 0 Å². The van der Waals surface area contributed by atoms with E-state index >= 15 is 0 Å². The monoisotopic (exact) mass is 321 g/mol. The Morgan fingerprint density at radius 2 is 2.18 bits per heavy atom. The summed E-state index contributed by atoms with van der Waals surface area (Å²) < 4.78 is 5.27. The van der Waals surface area contributed by atoms with Gasteiger partial charge in [-0.05, 0) is 18.4 Å². The van der Waals surface area contributed by atoms with Crippen LogP contribution in [0.1, 0.15) is 44.3 Å². The number of nitrogens with zero attached hydrogens (tertiary/aromatic N) is 3. The first kappa shape index (κ1) is 16.5. The van der Waals surface area contributed by atoms with E-state index in [1.54, 1.807) is 11.3 Å². The number of aromatic nitrogens is 2. The van der Waals surface area contributed by atoms with Gasteiger partial charge < -0.3 is 15.2 Å². The highest BCUT2D eigenvalue weighted by Gasteiger charge is 2.21. The maximum Gasteiger partial charge on any atom is 0.232 e. The molecular weight excluding hydrogens is 298 g/mol. The zero-order valence-electron chi connectivity index (χ0n) is 13.5. The average Bonchev–Trinajstić information content (AvgIpc) is 3.12. The van der Waals surface area contributed by atoms with Crippen LogP contribution in [0.25, 0.3) is 0 Å². The van der Waals surface area contributed by atoms with Gasteiger partial charge in [0, 0.05) is 16.8 Å². The molecule has 0 saturated carbocycles. The van der Waals surface area contributed by atoms with E-state index < -0.39 is 0 Å². The van der Waals surface area contributed by atoms with Crippen LogP contribution in [0.2, 0.25) is 0 Å². The molecule has 6 nitrogen and oxygen atoms in total. The first-order chi connectivity index (χ1) is 10.5. The number of thiophene rings is 1. The Hall–Kier alpha value is -1.89. The maximum atomic E-state index is 5.27. The highest BCUT2D eigenvalue weighted by atomic mass is 32.1. The number of aliphatic imine (C=N–C) groups is 1. The van der Waals surface area contributed by atoms with Gasteiger partial charge in [-0.25, -0.2) is 4.99 Å². The lowest BCUT2D eigenvalue weighted by atomic mass is 9.97. The van der Waals surface area contributed by atoms with Crippen molar-refractivity contribution in [2.45, 2.75) is 46.2 Å². The topological polar surface area (TPSA) is 75.3 Å². The van der Waals surface area contributed by atoms with E-state index in [0.29, 0.717) is 18.3 Å². The van der Waals surface area contributed by atoms with Gasteiger partial charge in [0.15, 0.2) is 11.8 Å².